The van der Waals surface area contributed by atoms with Crippen molar-refractivity contribution < 1.29 is 4.18 Å². The molecule has 0 aromatic heterocycles. The Balaban J connectivity index is 2.13. The summed E-state index contributed by atoms with van der Waals surface area (Å²) >= 11 is 1.36. The van der Waals surface area contributed by atoms with Gasteiger partial charge >= 0.3 is 0 Å². The van der Waals surface area contributed by atoms with E-state index in [2.05, 4.69) is 67.0 Å². The van der Waals surface area contributed by atoms with Crippen LogP contribution in [0.3, 0.4) is 0 Å². The van der Waals surface area contributed by atoms with Crippen molar-refractivity contribution in [3.8, 4) is 0 Å². The molecule has 0 saturated carbocycles. The molecule has 0 atom stereocenters. The van der Waals surface area contributed by atoms with Crippen LogP contribution in [-0.4, -0.2) is 6.26 Å². The van der Waals surface area contributed by atoms with Crippen molar-refractivity contribution in [2.24, 2.45) is 0 Å². The van der Waals surface area contributed by atoms with E-state index >= 15 is 0 Å². The molecule has 0 fully saturated rings. The molecule has 0 amide bonds. The van der Waals surface area contributed by atoms with Crippen molar-refractivity contribution in [2.45, 2.75) is 13.3 Å². The number of anilines is 1. The smallest absolute Gasteiger partial charge is 0.133 e. The van der Waals surface area contributed by atoms with Gasteiger partial charge in [-0.3, -0.25) is 0 Å². The van der Waals surface area contributed by atoms with Gasteiger partial charge in [0.05, 0.1) is 12.0 Å². The third-order valence-electron chi connectivity index (χ3n) is 4.29. The van der Waals surface area contributed by atoms with Crippen LogP contribution < -0.4 is 5.32 Å². The van der Waals surface area contributed by atoms with Crippen molar-refractivity contribution in [2.75, 3.05) is 11.6 Å². The normalized spacial score (nSPS) is 15.0. The third kappa shape index (κ3) is 7.34. The van der Waals surface area contributed by atoms with E-state index in [1.165, 1.54) is 23.2 Å². The average Bonchev–Trinajstić information content (AvgIpc) is 3.01. The number of benzene rings is 1. The molecule has 3 heteroatoms. The Bertz CT molecular complexity index is 938. The van der Waals surface area contributed by atoms with Gasteiger partial charge in [0.1, 0.15) is 5.76 Å². The molecule has 0 heterocycles. The molecule has 1 aromatic rings. The molecule has 0 aliphatic heterocycles. The highest BCUT2D eigenvalue weighted by molar-refractivity contribution is 7.94. The summed E-state index contributed by atoms with van der Waals surface area (Å²) < 4.78 is 5.52. The van der Waals surface area contributed by atoms with E-state index < -0.39 is 0 Å². The van der Waals surface area contributed by atoms with Gasteiger partial charge in [0.2, 0.25) is 0 Å². The molecule has 154 valence electrons. The summed E-state index contributed by atoms with van der Waals surface area (Å²) in [6.07, 6.45) is 26.6. The van der Waals surface area contributed by atoms with Crippen LogP contribution >= 0.6 is 12.0 Å². The van der Waals surface area contributed by atoms with Gasteiger partial charge in [-0.1, -0.05) is 86.1 Å². The van der Waals surface area contributed by atoms with E-state index in [0.29, 0.717) is 0 Å². The first-order valence-electron chi connectivity index (χ1n) is 9.83. The van der Waals surface area contributed by atoms with Crippen LogP contribution in [0, 0.1) is 0 Å². The monoisotopic (exact) mass is 415 g/mol. The first-order valence-corrected chi connectivity index (χ1v) is 11.0. The maximum absolute atomic E-state index is 5.52. The molecule has 1 N–H and O–H groups in total. The predicted octanol–water partition coefficient (Wildman–Crippen LogP) is 7.93. The summed E-state index contributed by atoms with van der Waals surface area (Å²) in [5.41, 5.74) is 5.45. The Labute approximate surface area is 185 Å². The summed E-state index contributed by atoms with van der Waals surface area (Å²) in [7, 11) is 0. The van der Waals surface area contributed by atoms with Crippen molar-refractivity contribution >= 4 is 23.3 Å². The fourth-order valence-corrected chi connectivity index (χ4v) is 3.17. The summed E-state index contributed by atoms with van der Waals surface area (Å²) in [6, 6.07) is 8.45. The summed E-state index contributed by atoms with van der Waals surface area (Å²) in [5.74, 6) is 0.891. The van der Waals surface area contributed by atoms with Crippen molar-refractivity contribution in [1.29, 1.82) is 0 Å². The number of rotatable bonds is 10. The van der Waals surface area contributed by atoms with Crippen LogP contribution in [0.25, 0.3) is 5.57 Å². The zero-order valence-electron chi connectivity index (χ0n) is 17.7. The van der Waals surface area contributed by atoms with Crippen LogP contribution in [-0.2, 0) is 4.18 Å². The van der Waals surface area contributed by atoms with E-state index in [4.69, 9.17) is 4.18 Å². The van der Waals surface area contributed by atoms with Gasteiger partial charge < -0.3 is 9.50 Å². The Morgan fingerprint density at radius 1 is 1.03 bits per heavy atom. The van der Waals surface area contributed by atoms with Crippen LogP contribution in [0.2, 0.25) is 0 Å². The van der Waals surface area contributed by atoms with E-state index in [1.807, 2.05) is 49.6 Å². The van der Waals surface area contributed by atoms with Crippen LogP contribution in [0.5, 0.6) is 0 Å². The maximum atomic E-state index is 5.52. The predicted molar refractivity (Wildman–Crippen MR) is 135 cm³/mol. The van der Waals surface area contributed by atoms with Crippen LogP contribution in [0.4, 0.5) is 5.69 Å². The molecular weight excluding hydrogens is 386 g/mol. The highest BCUT2D eigenvalue weighted by Gasteiger charge is 2.05. The SMILES string of the molecule is C=C\C=C/C=C/C(=C/C=C)C(=C\C)/Nc1ccc(C2=CCC=C(OSC)C=C2)cc1. The van der Waals surface area contributed by atoms with Gasteiger partial charge in [0.15, 0.2) is 0 Å². The van der Waals surface area contributed by atoms with Crippen molar-refractivity contribution in [3.63, 3.8) is 0 Å². The standard InChI is InChI=1S/C27H29NOS/c1-5-8-9-10-13-24(12-6-2)27(7-3)28-25-19-16-23(17-20-25)22-14-11-15-26(21-18-22)29-30-4/h5-10,12-21,28H,1-2,11H2,3-4H3/b9-8-,13-10+,24-12-,27-7+. The molecule has 30 heavy (non-hydrogen) atoms. The summed E-state index contributed by atoms with van der Waals surface area (Å²) in [6.45, 7) is 9.53. The molecule has 2 nitrogen and oxygen atoms in total. The lowest BCUT2D eigenvalue weighted by atomic mass is 10.0. The minimum Gasteiger partial charge on any atom is -0.426 e. The minimum atomic E-state index is 0.850. The molecule has 0 radical (unpaired) electrons. The second kappa shape index (κ2) is 13.1. The van der Waals surface area contributed by atoms with Gasteiger partial charge in [0.25, 0.3) is 0 Å². The van der Waals surface area contributed by atoms with Crippen LogP contribution in [0.1, 0.15) is 18.9 Å². The second-order valence-corrected chi connectivity index (χ2v) is 6.83. The molecular formula is C27H29NOS. The van der Waals surface area contributed by atoms with Crippen molar-refractivity contribution in [3.05, 3.63) is 133 Å². The topological polar surface area (TPSA) is 21.3 Å². The second-order valence-electron chi connectivity index (χ2n) is 6.33. The van der Waals surface area contributed by atoms with E-state index in [0.717, 1.165) is 29.1 Å². The molecule has 1 aromatic carbocycles. The van der Waals surface area contributed by atoms with E-state index in [1.54, 1.807) is 12.2 Å². The Morgan fingerprint density at radius 3 is 2.50 bits per heavy atom. The third-order valence-corrected chi connectivity index (χ3v) is 4.65. The lowest BCUT2D eigenvalue weighted by Crippen LogP contribution is -2.01. The zero-order chi connectivity index (χ0) is 21.6. The Kier molecular flexibility index (Phi) is 10.1. The fraction of sp³-hybridized carbons (Fsp3) is 0.111. The number of nitrogens with one attached hydrogen (secondary N) is 1. The quantitative estimate of drug-likeness (QED) is 0.309. The van der Waals surface area contributed by atoms with E-state index in [-0.39, 0.29) is 0 Å². The summed E-state index contributed by atoms with van der Waals surface area (Å²) in [5, 5.41) is 3.50. The first-order chi connectivity index (χ1) is 14.7. The van der Waals surface area contributed by atoms with Gasteiger partial charge in [-0.15, -0.1) is 0 Å². The number of hydrogen-bond donors (Lipinski definition) is 1. The maximum Gasteiger partial charge on any atom is 0.133 e. The van der Waals surface area contributed by atoms with Gasteiger partial charge in [0, 0.05) is 17.6 Å². The highest BCUT2D eigenvalue weighted by atomic mass is 32.2. The fourth-order valence-electron chi connectivity index (χ4n) is 2.86. The molecule has 0 saturated heterocycles. The largest absolute Gasteiger partial charge is 0.426 e. The van der Waals surface area contributed by atoms with Gasteiger partial charge in [-0.2, -0.15) is 0 Å². The summed E-state index contributed by atoms with van der Waals surface area (Å²) in [4.78, 5) is 0. The molecule has 1 aliphatic carbocycles. The van der Waals surface area contributed by atoms with E-state index in [9.17, 15) is 0 Å². The van der Waals surface area contributed by atoms with Gasteiger partial charge in [-0.05, 0) is 54.3 Å². The number of allylic oxidation sites excluding steroid dienone is 13. The Hall–Kier alpha value is -3.17. The zero-order valence-corrected chi connectivity index (χ0v) is 18.5. The molecule has 0 bridgehead atoms. The average molecular weight is 416 g/mol. The van der Waals surface area contributed by atoms with Crippen LogP contribution in [0.15, 0.2) is 127 Å². The molecule has 1 aliphatic rings. The Morgan fingerprint density at radius 2 is 1.83 bits per heavy atom. The first kappa shape index (κ1) is 23.1. The minimum absolute atomic E-state index is 0.850. The number of hydrogen-bond acceptors (Lipinski definition) is 3. The van der Waals surface area contributed by atoms with Crippen molar-refractivity contribution in [1.82, 2.24) is 0 Å². The lowest BCUT2D eigenvalue weighted by molar-refractivity contribution is 0.522. The van der Waals surface area contributed by atoms with Gasteiger partial charge in [-0.25, -0.2) is 0 Å². The lowest BCUT2D eigenvalue weighted by Gasteiger charge is -2.13. The highest BCUT2D eigenvalue weighted by Crippen LogP contribution is 2.25. The molecule has 0 spiro atoms. The molecule has 2 rings (SSSR count). The molecule has 0 unspecified atom stereocenters.